The van der Waals surface area contributed by atoms with Crippen molar-refractivity contribution in [3.63, 3.8) is 0 Å². The Morgan fingerprint density at radius 3 is 1.67 bits per heavy atom. The fraction of sp³-hybridized carbons (Fsp3) is 0.444. The molecule has 0 spiro atoms. The molecule has 1 radical (unpaired) electrons. The summed E-state index contributed by atoms with van der Waals surface area (Å²) in [6.07, 6.45) is 8.90. The molecular formula is C9H13Cl2Ti. The van der Waals surface area contributed by atoms with Crippen LogP contribution >= 0.6 is 18.6 Å². The van der Waals surface area contributed by atoms with E-state index in [1.165, 1.54) is 24.0 Å². The van der Waals surface area contributed by atoms with Gasteiger partial charge in [-0.05, 0) is 24.0 Å². The van der Waals surface area contributed by atoms with Crippen LogP contribution in [0.25, 0.3) is 0 Å². The van der Waals surface area contributed by atoms with Crippen molar-refractivity contribution in [2.24, 2.45) is 0 Å². The molecule has 0 atom stereocenters. The average molecular weight is 240 g/mol. The molecule has 0 heterocycles. The van der Waals surface area contributed by atoms with Crippen molar-refractivity contribution in [1.82, 2.24) is 0 Å². The SMILES string of the molecule is CCC1=C[CH]C=C1CC.[Cl][Ti][Cl]. The van der Waals surface area contributed by atoms with Gasteiger partial charge in [0.15, 0.2) is 0 Å². The molecule has 1 aliphatic carbocycles. The quantitative estimate of drug-likeness (QED) is 0.632. The Balaban J connectivity index is 0.000000354. The van der Waals surface area contributed by atoms with Crippen molar-refractivity contribution < 1.29 is 17.0 Å². The van der Waals surface area contributed by atoms with Crippen molar-refractivity contribution in [1.29, 1.82) is 0 Å². The number of rotatable bonds is 2. The van der Waals surface area contributed by atoms with Gasteiger partial charge >= 0.3 is 35.6 Å². The molecule has 0 aromatic carbocycles. The van der Waals surface area contributed by atoms with Crippen LogP contribution in [-0.4, -0.2) is 0 Å². The Morgan fingerprint density at radius 2 is 1.42 bits per heavy atom. The van der Waals surface area contributed by atoms with E-state index in [-0.39, 0.29) is 0 Å². The normalized spacial score (nSPS) is 14.3. The van der Waals surface area contributed by atoms with Gasteiger partial charge in [0.2, 0.25) is 0 Å². The van der Waals surface area contributed by atoms with E-state index >= 15 is 0 Å². The van der Waals surface area contributed by atoms with Crippen LogP contribution in [0.4, 0.5) is 0 Å². The summed E-state index contributed by atoms with van der Waals surface area (Å²) in [5, 5.41) is 0. The first-order valence-electron chi connectivity index (χ1n) is 3.99. The second kappa shape index (κ2) is 8.38. The van der Waals surface area contributed by atoms with E-state index in [2.05, 4.69) is 32.4 Å². The Kier molecular flexibility index (Phi) is 8.92. The first-order valence-corrected chi connectivity index (χ1v) is 8.29. The molecule has 0 saturated carbocycles. The third kappa shape index (κ3) is 4.72. The summed E-state index contributed by atoms with van der Waals surface area (Å²) in [6.45, 7) is 4.41. The molecule has 0 amide bonds. The predicted molar refractivity (Wildman–Crippen MR) is 52.8 cm³/mol. The van der Waals surface area contributed by atoms with Gasteiger partial charge in [0.1, 0.15) is 0 Å². The van der Waals surface area contributed by atoms with Crippen molar-refractivity contribution in [2.75, 3.05) is 0 Å². The van der Waals surface area contributed by atoms with E-state index < -0.39 is 17.0 Å². The minimum absolute atomic E-state index is 0.556. The van der Waals surface area contributed by atoms with Gasteiger partial charge in [-0.25, -0.2) is 0 Å². The fourth-order valence-corrected chi connectivity index (χ4v) is 1.18. The number of hydrogen-bond acceptors (Lipinski definition) is 0. The van der Waals surface area contributed by atoms with Crippen molar-refractivity contribution in [2.45, 2.75) is 26.7 Å². The van der Waals surface area contributed by atoms with Crippen LogP contribution < -0.4 is 0 Å². The van der Waals surface area contributed by atoms with E-state index in [1.54, 1.807) is 0 Å². The molecule has 0 N–H and O–H groups in total. The van der Waals surface area contributed by atoms with Crippen LogP contribution in [0.3, 0.4) is 0 Å². The monoisotopic (exact) mass is 239 g/mol. The molecule has 1 aliphatic rings. The Morgan fingerprint density at radius 1 is 1.08 bits per heavy atom. The molecular weight excluding hydrogens is 227 g/mol. The maximum atomic E-state index is 4.89. The summed E-state index contributed by atoms with van der Waals surface area (Å²) in [6, 6.07) is 0. The van der Waals surface area contributed by atoms with Gasteiger partial charge in [0, 0.05) is 6.42 Å². The summed E-state index contributed by atoms with van der Waals surface area (Å²) in [5.74, 6) is 0. The Bertz CT molecular complexity index is 155. The number of allylic oxidation sites excluding steroid dienone is 4. The van der Waals surface area contributed by atoms with Crippen molar-refractivity contribution in [3.8, 4) is 0 Å². The zero-order chi connectivity index (χ0) is 9.40. The number of hydrogen-bond donors (Lipinski definition) is 0. The Labute approximate surface area is 91.7 Å². The zero-order valence-corrected chi connectivity index (χ0v) is 10.5. The van der Waals surface area contributed by atoms with Crippen LogP contribution in [0, 0.1) is 6.42 Å². The molecule has 0 aliphatic heterocycles. The molecule has 0 unspecified atom stereocenters. The molecule has 1 rings (SSSR count). The van der Waals surface area contributed by atoms with E-state index in [0.29, 0.717) is 0 Å². The molecule has 0 fully saturated rings. The third-order valence-corrected chi connectivity index (χ3v) is 1.77. The van der Waals surface area contributed by atoms with Gasteiger partial charge in [0.05, 0.1) is 0 Å². The molecule has 12 heavy (non-hydrogen) atoms. The first-order chi connectivity index (χ1) is 5.79. The van der Waals surface area contributed by atoms with E-state index in [9.17, 15) is 0 Å². The van der Waals surface area contributed by atoms with Crippen LogP contribution in [0.15, 0.2) is 23.3 Å². The minimum atomic E-state index is -0.556. The summed E-state index contributed by atoms with van der Waals surface area (Å²) >= 11 is -0.556. The van der Waals surface area contributed by atoms with Gasteiger partial charge < -0.3 is 0 Å². The first kappa shape index (κ1) is 12.8. The van der Waals surface area contributed by atoms with E-state index in [4.69, 9.17) is 18.6 Å². The van der Waals surface area contributed by atoms with Crippen molar-refractivity contribution >= 4 is 18.6 Å². The van der Waals surface area contributed by atoms with Gasteiger partial charge in [-0.3, -0.25) is 0 Å². The molecule has 0 aromatic rings. The Hall–Kier alpha value is 0.774. The molecule has 67 valence electrons. The second-order valence-corrected chi connectivity index (χ2v) is 4.93. The summed E-state index contributed by atoms with van der Waals surface area (Å²) in [7, 11) is 9.78. The molecule has 0 nitrogen and oxygen atoms in total. The number of halogens is 2. The molecule has 0 aromatic heterocycles. The van der Waals surface area contributed by atoms with Gasteiger partial charge in [-0.2, -0.15) is 0 Å². The topological polar surface area (TPSA) is 0 Å². The predicted octanol–water partition coefficient (Wildman–Crippen LogP) is 4.25. The van der Waals surface area contributed by atoms with Crippen LogP contribution in [0.1, 0.15) is 26.7 Å². The summed E-state index contributed by atoms with van der Waals surface area (Å²) < 4.78 is 0. The standard InChI is InChI=1S/C9H13.2ClH.Ti/c1-3-8-6-5-7-9(8)4-2;;;/h5-7H,3-4H2,1-2H3;2*1H;/q;;;+2/p-2. The molecule has 0 bridgehead atoms. The van der Waals surface area contributed by atoms with E-state index in [1.807, 2.05) is 0 Å². The van der Waals surface area contributed by atoms with Crippen LogP contribution in [0.2, 0.25) is 0 Å². The van der Waals surface area contributed by atoms with Crippen molar-refractivity contribution in [3.05, 3.63) is 29.7 Å². The zero-order valence-electron chi connectivity index (χ0n) is 7.40. The summed E-state index contributed by atoms with van der Waals surface area (Å²) in [4.78, 5) is 0. The summed E-state index contributed by atoms with van der Waals surface area (Å²) in [5.41, 5.74) is 3.02. The van der Waals surface area contributed by atoms with Gasteiger partial charge in [0.25, 0.3) is 0 Å². The van der Waals surface area contributed by atoms with E-state index in [0.717, 1.165) is 0 Å². The molecule has 0 saturated heterocycles. The van der Waals surface area contributed by atoms with Crippen LogP contribution in [0.5, 0.6) is 0 Å². The average Bonchev–Trinajstić information content (AvgIpc) is 2.52. The van der Waals surface area contributed by atoms with Crippen LogP contribution in [-0.2, 0) is 17.0 Å². The maximum absolute atomic E-state index is 4.89. The third-order valence-electron chi connectivity index (χ3n) is 1.77. The second-order valence-electron chi connectivity index (χ2n) is 2.35. The fourth-order valence-electron chi connectivity index (χ4n) is 1.18. The van der Waals surface area contributed by atoms with Gasteiger partial charge in [-0.15, -0.1) is 0 Å². The van der Waals surface area contributed by atoms with Gasteiger partial charge in [-0.1, -0.05) is 26.0 Å². The molecule has 3 heteroatoms.